The molecule has 146 valence electrons. The fourth-order valence-electron chi connectivity index (χ4n) is 3.63. The van der Waals surface area contributed by atoms with Crippen LogP contribution in [0, 0.1) is 6.92 Å². The summed E-state index contributed by atoms with van der Waals surface area (Å²) in [6.45, 7) is 3.90. The molecule has 1 amide bonds. The van der Waals surface area contributed by atoms with E-state index in [-0.39, 0.29) is 11.9 Å². The topological polar surface area (TPSA) is 84.5 Å². The van der Waals surface area contributed by atoms with Crippen LogP contribution in [0.4, 0.5) is 10.8 Å². The fourth-order valence-corrected chi connectivity index (χ4v) is 5.35. The second-order valence-electron chi connectivity index (χ2n) is 7.14. The Balaban J connectivity index is 1.73. The van der Waals surface area contributed by atoms with E-state index < -0.39 is 0 Å². The molecule has 4 rings (SSSR count). The average Bonchev–Trinajstić information content (AvgIpc) is 3.25. The molecule has 1 aliphatic heterocycles. The van der Waals surface area contributed by atoms with Crippen LogP contribution in [-0.4, -0.2) is 32.2 Å². The number of benzene rings is 1. The third-order valence-corrected chi connectivity index (χ3v) is 7.03. The van der Waals surface area contributed by atoms with E-state index in [1.54, 1.807) is 0 Å². The maximum Gasteiger partial charge on any atom is 0.267 e. The lowest BCUT2D eigenvalue weighted by atomic mass is 9.94. The van der Waals surface area contributed by atoms with Gasteiger partial charge < -0.3 is 5.73 Å². The molecule has 2 aliphatic rings. The minimum absolute atomic E-state index is 0.0474. The highest BCUT2D eigenvalue weighted by molar-refractivity contribution is 8.18. The van der Waals surface area contributed by atoms with Gasteiger partial charge in [-0.2, -0.15) is 4.99 Å². The standard InChI is InChI=1S/C20H23N5OS2/c1-12(14-8-10-15(21)11-9-14)17-18(26)25(16-6-4-3-5-7-16)20(28-17)22-19-24-23-13(2)27-19/h8-11,16H,3-7,21H2,1-2H3/b17-12-,22-20+. The number of nitrogen functional groups attached to an aromatic ring is 1. The van der Waals surface area contributed by atoms with Crippen LogP contribution < -0.4 is 5.73 Å². The smallest absolute Gasteiger partial charge is 0.267 e. The van der Waals surface area contributed by atoms with Gasteiger partial charge in [0, 0.05) is 11.7 Å². The van der Waals surface area contributed by atoms with Gasteiger partial charge in [0.25, 0.3) is 5.91 Å². The predicted molar refractivity (Wildman–Crippen MR) is 116 cm³/mol. The molecule has 0 radical (unpaired) electrons. The van der Waals surface area contributed by atoms with Gasteiger partial charge in [-0.15, -0.1) is 10.2 Å². The number of carbonyl (C=O) groups excluding carboxylic acids is 1. The highest BCUT2D eigenvalue weighted by Gasteiger charge is 2.40. The first-order chi connectivity index (χ1) is 13.5. The van der Waals surface area contributed by atoms with E-state index in [0.717, 1.165) is 51.9 Å². The zero-order valence-corrected chi connectivity index (χ0v) is 17.6. The number of carbonyl (C=O) groups is 1. The average molecular weight is 414 g/mol. The lowest BCUT2D eigenvalue weighted by Gasteiger charge is -2.30. The molecule has 2 aromatic rings. The second-order valence-corrected chi connectivity index (χ2v) is 9.28. The van der Waals surface area contributed by atoms with Gasteiger partial charge in [0.2, 0.25) is 5.13 Å². The van der Waals surface area contributed by atoms with Crippen molar-refractivity contribution in [3.05, 3.63) is 39.7 Å². The number of amidine groups is 1. The third-order valence-electron chi connectivity index (χ3n) is 5.14. The minimum atomic E-state index is 0.0474. The van der Waals surface area contributed by atoms with Crippen LogP contribution in [0.5, 0.6) is 0 Å². The molecule has 2 heterocycles. The number of aryl methyl sites for hydroxylation is 1. The maximum atomic E-state index is 13.4. The fraction of sp³-hybridized carbons (Fsp3) is 0.400. The van der Waals surface area contributed by atoms with Crippen LogP contribution in [-0.2, 0) is 4.79 Å². The zero-order chi connectivity index (χ0) is 19.7. The summed E-state index contributed by atoms with van der Waals surface area (Å²) in [5.74, 6) is 0.0474. The Kier molecular flexibility index (Phi) is 5.50. The zero-order valence-electron chi connectivity index (χ0n) is 16.0. The highest BCUT2D eigenvalue weighted by atomic mass is 32.2. The van der Waals surface area contributed by atoms with Crippen molar-refractivity contribution in [2.75, 3.05) is 5.73 Å². The van der Waals surface area contributed by atoms with Gasteiger partial charge in [0.1, 0.15) is 5.01 Å². The number of thioether (sulfide) groups is 1. The molecule has 2 N–H and O–H groups in total. The van der Waals surface area contributed by atoms with Gasteiger partial charge in [-0.05, 0) is 61.7 Å². The number of allylic oxidation sites excluding steroid dienone is 1. The summed E-state index contributed by atoms with van der Waals surface area (Å²) in [6, 6.07) is 7.85. The molecule has 1 saturated heterocycles. The number of hydrogen-bond donors (Lipinski definition) is 1. The Hall–Kier alpha value is -2.19. The first-order valence-electron chi connectivity index (χ1n) is 9.50. The molecule has 1 saturated carbocycles. The summed E-state index contributed by atoms with van der Waals surface area (Å²) < 4.78 is 0. The largest absolute Gasteiger partial charge is 0.399 e. The Labute approximate surface area is 172 Å². The van der Waals surface area contributed by atoms with Gasteiger partial charge in [-0.25, -0.2) is 0 Å². The van der Waals surface area contributed by atoms with Crippen molar-refractivity contribution in [1.82, 2.24) is 15.1 Å². The number of anilines is 1. The van der Waals surface area contributed by atoms with Gasteiger partial charge in [-0.3, -0.25) is 9.69 Å². The lowest BCUT2D eigenvalue weighted by Crippen LogP contribution is -2.40. The normalized spacial score (nSPS) is 21.6. The van der Waals surface area contributed by atoms with E-state index in [0.29, 0.717) is 10.8 Å². The van der Waals surface area contributed by atoms with E-state index in [9.17, 15) is 4.79 Å². The SMILES string of the molecule is C/C(=C1/S/C(=N/c2nnc(C)s2)N(C2CCCCC2)C1=O)c1ccc(N)cc1. The van der Waals surface area contributed by atoms with E-state index >= 15 is 0 Å². The molecule has 0 unspecified atom stereocenters. The number of hydrogen-bond acceptors (Lipinski definition) is 7. The van der Waals surface area contributed by atoms with Crippen LogP contribution in [0.15, 0.2) is 34.2 Å². The van der Waals surface area contributed by atoms with Crippen LogP contribution in [0.3, 0.4) is 0 Å². The van der Waals surface area contributed by atoms with Gasteiger partial charge in [0.05, 0.1) is 4.91 Å². The van der Waals surface area contributed by atoms with Gasteiger partial charge in [-0.1, -0.05) is 42.7 Å². The monoisotopic (exact) mass is 413 g/mol. The second kappa shape index (κ2) is 8.05. The molecule has 0 bridgehead atoms. The van der Waals surface area contributed by atoms with Crippen molar-refractivity contribution in [3.8, 4) is 0 Å². The lowest BCUT2D eigenvalue weighted by molar-refractivity contribution is -0.124. The molecular weight excluding hydrogens is 390 g/mol. The van der Waals surface area contributed by atoms with E-state index in [2.05, 4.69) is 10.2 Å². The number of nitrogens with zero attached hydrogens (tertiary/aromatic N) is 4. The number of nitrogens with two attached hydrogens (primary N) is 1. The molecule has 0 atom stereocenters. The van der Waals surface area contributed by atoms with Crippen LogP contribution in [0.1, 0.15) is 49.6 Å². The molecule has 2 fully saturated rings. The summed E-state index contributed by atoms with van der Waals surface area (Å²) in [5, 5.41) is 10.4. The molecule has 1 aliphatic carbocycles. The molecule has 1 aromatic carbocycles. The van der Waals surface area contributed by atoms with Crippen molar-refractivity contribution < 1.29 is 4.79 Å². The molecule has 6 nitrogen and oxygen atoms in total. The summed E-state index contributed by atoms with van der Waals surface area (Å²) in [5.41, 5.74) is 8.48. The number of aliphatic imine (C=N–C) groups is 1. The van der Waals surface area contributed by atoms with Crippen molar-refractivity contribution >= 4 is 50.6 Å². The van der Waals surface area contributed by atoms with Crippen molar-refractivity contribution in [2.45, 2.75) is 52.0 Å². The van der Waals surface area contributed by atoms with Crippen molar-refractivity contribution in [2.24, 2.45) is 4.99 Å². The Bertz CT molecular complexity index is 942. The quantitative estimate of drug-likeness (QED) is 0.579. The number of aromatic nitrogens is 2. The molecule has 8 heteroatoms. The van der Waals surface area contributed by atoms with E-state index in [1.165, 1.54) is 29.5 Å². The van der Waals surface area contributed by atoms with E-state index in [1.807, 2.05) is 43.0 Å². The third kappa shape index (κ3) is 3.84. The Morgan fingerprint density at radius 3 is 2.54 bits per heavy atom. The summed E-state index contributed by atoms with van der Waals surface area (Å²) >= 11 is 2.89. The van der Waals surface area contributed by atoms with Crippen molar-refractivity contribution in [1.29, 1.82) is 0 Å². The van der Waals surface area contributed by atoms with Gasteiger partial charge >= 0.3 is 0 Å². The summed E-state index contributed by atoms with van der Waals surface area (Å²) in [4.78, 5) is 20.7. The van der Waals surface area contributed by atoms with Crippen molar-refractivity contribution in [3.63, 3.8) is 0 Å². The summed E-state index contributed by atoms with van der Waals surface area (Å²) in [7, 11) is 0. The van der Waals surface area contributed by atoms with Crippen LogP contribution >= 0.6 is 23.1 Å². The Morgan fingerprint density at radius 2 is 1.89 bits per heavy atom. The molecule has 28 heavy (non-hydrogen) atoms. The van der Waals surface area contributed by atoms with Crippen LogP contribution in [0.2, 0.25) is 0 Å². The highest BCUT2D eigenvalue weighted by Crippen LogP contribution is 2.41. The first kappa shape index (κ1) is 19.1. The number of amides is 1. The first-order valence-corrected chi connectivity index (χ1v) is 11.1. The predicted octanol–water partition coefficient (Wildman–Crippen LogP) is 4.76. The maximum absolute atomic E-state index is 13.4. The molecular formula is C20H23N5OS2. The number of rotatable bonds is 3. The van der Waals surface area contributed by atoms with Crippen LogP contribution in [0.25, 0.3) is 5.57 Å². The Morgan fingerprint density at radius 1 is 1.18 bits per heavy atom. The molecule has 0 spiro atoms. The summed E-state index contributed by atoms with van der Waals surface area (Å²) in [6.07, 6.45) is 5.59. The minimum Gasteiger partial charge on any atom is -0.399 e. The van der Waals surface area contributed by atoms with E-state index in [4.69, 9.17) is 10.7 Å². The van der Waals surface area contributed by atoms with Gasteiger partial charge in [0.15, 0.2) is 5.17 Å². The molecule has 1 aromatic heterocycles.